The van der Waals surface area contributed by atoms with Crippen LogP contribution in [0.4, 0.5) is 0 Å². The van der Waals surface area contributed by atoms with Crippen LogP contribution in [0.2, 0.25) is 23.2 Å². The van der Waals surface area contributed by atoms with E-state index < -0.39 is 22.7 Å². The summed E-state index contributed by atoms with van der Waals surface area (Å²) in [7, 11) is -4.95. The van der Waals surface area contributed by atoms with Gasteiger partial charge in [-0.15, -0.1) is 13.2 Å². The molecular weight excluding hydrogens is 617 g/mol. The van der Waals surface area contributed by atoms with E-state index in [0.717, 1.165) is 6.42 Å². The monoisotopic (exact) mass is 678 g/mol. The summed E-state index contributed by atoms with van der Waals surface area (Å²) in [5, 5.41) is 2.41. The van der Waals surface area contributed by atoms with E-state index in [2.05, 4.69) is 142 Å². The molecule has 1 aliphatic rings. The quantitative estimate of drug-likeness (QED) is 0.0683. The first-order valence-corrected chi connectivity index (χ1v) is 22.3. The lowest BCUT2D eigenvalue weighted by Gasteiger charge is -2.44. The zero-order valence-electron chi connectivity index (χ0n) is 30.9. The smallest absolute Gasteiger partial charge is 0.306 e. The van der Waals surface area contributed by atoms with Crippen LogP contribution in [0.3, 0.4) is 0 Å². The summed E-state index contributed by atoms with van der Waals surface area (Å²) in [6, 6.07) is 21.5. The van der Waals surface area contributed by atoms with Crippen molar-refractivity contribution >= 4 is 33.0 Å². The molecule has 0 bridgehead atoms. The Bertz CT molecular complexity index is 1240. The van der Waals surface area contributed by atoms with Crippen LogP contribution in [-0.2, 0) is 23.1 Å². The van der Waals surface area contributed by atoms with Gasteiger partial charge in [-0.2, -0.15) is 0 Å². The average molecular weight is 679 g/mol. The van der Waals surface area contributed by atoms with E-state index in [-0.39, 0.29) is 46.2 Å². The minimum absolute atomic E-state index is 0.00727. The lowest BCUT2D eigenvalue weighted by atomic mass is 9.97. The van der Waals surface area contributed by atoms with Gasteiger partial charge < -0.3 is 18.3 Å². The molecule has 1 aliphatic heterocycles. The van der Waals surface area contributed by atoms with Crippen molar-refractivity contribution in [2.45, 2.75) is 129 Å². The van der Waals surface area contributed by atoms with Gasteiger partial charge >= 0.3 is 5.97 Å². The molecule has 0 radical (unpaired) electrons. The highest BCUT2D eigenvalue weighted by molar-refractivity contribution is 6.99. The van der Waals surface area contributed by atoms with Crippen molar-refractivity contribution in [3.63, 3.8) is 0 Å². The zero-order chi connectivity index (χ0) is 35.0. The van der Waals surface area contributed by atoms with Gasteiger partial charge in [0.1, 0.15) is 12.2 Å². The second-order valence-electron chi connectivity index (χ2n) is 16.2. The Morgan fingerprint density at radius 1 is 0.872 bits per heavy atom. The van der Waals surface area contributed by atoms with Crippen molar-refractivity contribution in [3.05, 3.63) is 86.0 Å². The van der Waals surface area contributed by atoms with Gasteiger partial charge in [-0.3, -0.25) is 4.79 Å². The molecule has 0 amide bonds. The minimum Gasteiger partial charge on any atom is -0.460 e. The number of rotatable bonds is 18. The molecule has 2 aromatic carbocycles. The number of allylic oxidation sites excluding steroid dienone is 1. The number of hydrogen-bond donors (Lipinski definition) is 0. The van der Waals surface area contributed by atoms with Crippen LogP contribution in [0.15, 0.2) is 86.0 Å². The summed E-state index contributed by atoms with van der Waals surface area (Å²) in [5.41, 5.74) is 0. The van der Waals surface area contributed by atoms with E-state index in [1.807, 2.05) is 12.2 Å². The van der Waals surface area contributed by atoms with E-state index in [1.165, 1.54) is 10.4 Å². The van der Waals surface area contributed by atoms with Crippen molar-refractivity contribution in [3.8, 4) is 0 Å². The molecule has 0 saturated carbocycles. The molecule has 3 rings (SSSR count). The van der Waals surface area contributed by atoms with Gasteiger partial charge in [0.2, 0.25) is 0 Å². The van der Waals surface area contributed by atoms with E-state index in [9.17, 15) is 4.79 Å². The van der Waals surface area contributed by atoms with Gasteiger partial charge in [0.15, 0.2) is 8.32 Å². The Kier molecular flexibility index (Phi) is 13.7. The van der Waals surface area contributed by atoms with E-state index >= 15 is 0 Å². The van der Waals surface area contributed by atoms with Crippen LogP contribution in [-0.4, -0.2) is 53.6 Å². The second kappa shape index (κ2) is 16.4. The maximum absolute atomic E-state index is 13.3. The van der Waals surface area contributed by atoms with Gasteiger partial charge in [0.05, 0.1) is 12.2 Å². The van der Waals surface area contributed by atoms with Crippen LogP contribution in [0.25, 0.3) is 0 Å². The van der Waals surface area contributed by atoms with Crippen molar-refractivity contribution in [1.29, 1.82) is 0 Å². The van der Waals surface area contributed by atoms with Crippen molar-refractivity contribution in [2.75, 3.05) is 6.61 Å². The maximum Gasteiger partial charge on any atom is 0.306 e. The molecule has 47 heavy (non-hydrogen) atoms. The molecule has 6 atom stereocenters. The topological polar surface area (TPSA) is 57.3 Å². The van der Waals surface area contributed by atoms with Crippen LogP contribution in [0, 0.1) is 11.8 Å². The summed E-state index contributed by atoms with van der Waals surface area (Å²) in [4.78, 5) is 13.3. The number of benzene rings is 2. The summed E-state index contributed by atoms with van der Waals surface area (Å²) in [6.07, 6.45) is 5.34. The molecule has 1 heterocycles. The molecule has 0 aromatic heterocycles. The van der Waals surface area contributed by atoms with Gasteiger partial charge in [0, 0.05) is 19.4 Å². The molecule has 5 nitrogen and oxygen atoms in total. The molecule has 0 unspecified atom stereocenters. The van der Waals surface area contributed by atoms with Crippen molar-refractivity contribution in [2.24, 2.45) is 11.8 Å². The summed E-state index contributed by atoms with van der Waals surface area (Å²) in [6.45, 7) is 30.9. The molecule has 0 aliphatic carbocycles. The van der Waals surface area contributed by atoms with Gasteiger partial charge in [0.25, 0.3) is 8.32 Å². The molecule has 1 saturated heterocycles. The molecule has 7 heteroatoms. The Morgan fingerprint density at radius 2 is 1.43 bits per heavy atom. The Morgan fingerprint density at radius 3 is 1.87 bits per heavy atom. The maximum atomic E-state index is 13.3. The van der Waals surface area contributed by atoms with E-state index in [4.69, 9.17) is 18.3 Å². The van der Waals surface area contributed by atoms with Crippen molar-refractivity contribution < 1.29 is 23.1 Å². The molecule has 0 spiro atoms. The largest absolute Gasteiger partial charge is 0.460 e. The highest BCUT2D eigenvalue weighted by atomic mass is 28.4. The van der Waals surface area contributed by atoms with Gasteiger partial charge in [-0.05, 0) is 58.2 Å². The first-order valence-electron chi connectivity index (χ1n) is 17.5. The third-order valence-electron chi connectivity index (χ3n) is 9.99. The predicted molar refractivity (Wildman–Crippen MR) is 201 cm³/mol. The lowest BCUT2D eigenvalue weighted by molar-refractivity contribution is -0.156. The van der Waals surface area contributed by atoms with E-state index in [0.29, 0.717) is 25.9 Å². The first-order chi connectivity index (χ1) is 21.9. The summed E-state index contributed by atoms with van der Waals surface area (Å²) < 4.78 is 26.7. The Labute approximate surface area is 288 Å². The number of carbonyl (C=O) groups is 1. The summed E-state index contributed by atoms with van der Waals surface area (Å²) >= 11 is 0. The highest BCUT2D eigenvalue weighted by Crippen LogP contribution is 2.41. The first kappa shape index (κ1) is 39.1. The zero-order valence-corrected chi connectivity index (χ0v) is 32.9. The standard InChI is InChI=1S/C40H62O5Si2/c1-13-21-30(3)27-38(41)44-36(28-35-34(14-2)43-35)37(45-46(11,12)39(5,6)7)26-31(4)29-42-47(40(8,9)10,32-22-17-15-18-23-32)33-24-19-16-20-25-33/h13-20,22-25,30-31,34-37H,1-2,21,26-29H2,3-12H3/t30-,31+,34-,35-,36-,37-/m0/s1. The molecule has 260 valence electrons. The second-order valence-corrected chi connectivity index (χ2v) is 25.3. The summed E-state index contributed by atoms with van der Waals surface area (Å²) in [5.74, 6) is 0.111. The fraction of sp³-hybridized carbons (Fsp3) is 0.575. The number of esters is 1. The lowest BCUT2D eigenvalue weighted by Crippen LogP contribution is -2.66. The number of carbonyl (C=O) groups excluding carboxylic acids is 1. The molecule has 0 N–H and O–H groups in total. The average Bonchev–Trinajstić information content (AvgIpc) is 3.74. The molecular formula is C40H62O5Si2. The fourth-order valence-corrected chi connectivity index (χ4v) is 12.3. The third kappa shape index (κ3) is 10.3. The van der Waals surface area contributed by atoms with Gasteiger partial charge in [-0.25, -0.2) is 0 Å². The number of ether oxygens (including phenoxy) is 2. The fourth-order valence-electron chi connectivity index (χ4n) is 6.25. The normalized spacial score (nSPS) is 19.7. The number of epoxide rings is 1. The SMILES string of the molecule is C=CC[C@H](C)CC(=O)O[C@@H](C[C@@H]1O[C@H]1C=C)[C@H](C[C@@H](C)CO[Si](c1ccccc1)(c1ccccc1)C(C)(C)C)O[Si](C)(C)C(C)(C)C. The van der Waals surface area contributed by atoms with Crippen LogP contribution >= 0.6 is 0 Å². The Balaban J connectivity index is 1.95. The van der Waals surface area contributed by atoms with Gasteiger partial charge in [-0.1, -0.05) is 128 Å². The Hall–Kier alpha value is -2.30. The van der Waals surface area contributed by atoms with Crippen LogP contribution < -0.4 is 10.4 Å². The van der Waals surface area contributed by atoms with Crippen LogP contribution in [0.1, 0.15) is 81.1 Å². The van der Waals surface area contributed by atoms with Crippen LogP contribution in [0.5, 0.6) is 0 Å². The molecule has 2 aromatic rings. The molecule has 1 fully saturated rings. The van der Waals surface area contributed by atoms with Crippen molar-refractivity contribution in [1.82, 2.24) is 0 Å². The highest BCUT2D eigenvalue weighted by Gasteiger charge is 2.51. The van der Waals surface area contributed by atoms with E-state index in [1.54, 1.807) is 0 Å². The minimum atomic E-state index is -2.71. The third-order valence-corrected chi connectivity index (χ3v) is 19.5. The number of hydrogen-bond acceptors (Lipinski definition) is 5. The predicted octanol–water partition coefficient (Wildman–Crippen LogP) is 8.84.